The van der Waals surface area contributed by atoms with Crippen LogP contribution in [0.5, 0.6) is 0 Å². The van der Waals surface area contributed by atoms with Gasteiger partial charge in [0, 0.05) is 30.3 Å². The Morgan fingerprint density at radius 1 is 1.32 bits per heavy atom. The van der Waals surface area contributed by atoms with E-state index in [0.717, 1.165) is 25.4 Å². The molecular weight excluding hydrogens is 254 g/mol. The highest BCUT2D eigenvalue weighted by Gasteiger charge is 2.29. The Labute approximate surface area is 120 Å². The van der Waals surface area contributed by atoms with E-state index in [1.54, 1.807) is 0 Å². The molecule has 19 heavy (non-hydrogen) atoms. The number of thiazole rings is 1. The molecule has 2 heterocycles. The molecule has 2 aliphatic rings. The van der Waals surface area contributed by atoms with Crippen LogP contribution in [0.1, 0.15) is 54.1 Å². The maximum Gasteiger partial charge on any atom is 0.0944 e. The van der Waals surface area contributed by atoms with E-state index in [-0.39, 0.29) is 0 Å². The third-order valence-corrected chi connectivity index (χ3v) is 5.24. The molecule has 1 saturated heterocycles. The molecule has 0 aromatic carbocycles. The Bertz CT molecular complexity index is 406. The van der Waals surface area contributed by atoms with Crippen molar-refractivity contribution < 1.29 is 0 Å². The molecule has 1 saturated carbocycles. The second kappa shape index (κ2) is 6.33. The lowest BCUT2D eigenvalue weighted by Crippen LogP contribution is -2.21. The van der Waals surface area contributed by atoms with Crippen molar-refractivity contribution >= 4 is 11.3 Å². The Morgan fingerprint density at radius 3 is 2.79 bits per heavy atom. The molecule has 1 aliphatic carbocycles. The molecule has 0 amide bonds. The predicted molar refractivity (Wildman–Crippen MR) is 80.8 cm³/mol. The zero-order chi connectivity index (χ0) is 13.1. The largest absolute Gasteiger partial charge is 0.312 e. The summed E-state index contributed by atoms with van der Waals surface area (Å²) in [5.41, 5.74) is 1.42. The van der Waals surface area contributed by atoms with Crippen LogP contribution in [0.15, 0.2) is 0 Å². The van der Waals surface area contributed by atoms with E-state index in [9.17, 15) is 0 Å². The van der Waals surface area contributed by atoms with E-state index in [1.165, 1.54) is 60.9 Å². The van der Waals surface area contributed by atoms with Crippen LogP contribution < -0.4 is 5.32 Å². The standard InChI is InChI=1S/C15H25N3S/c1-2-16-11-13-15(12-5-6-12)17-14(19-13)7-10-18-8-3-4-9-18/h12,16H,2-11H2,1H3. The fraction of sp³-hybridized carbons (Fsp3) is 0.800. The fourth-order valence-electron chi connectivity index (χ4n) is 2.82. The number of likely N-dealkylation sites (tertiary alicyclic amines) is 1. The van der Waals surface area contributed by atoms with Gasteiger partial charge in [-0.15, -0.1) is 11.3 Å². The first-order valence-corrected chi connectivity index (χ1v) is 8.60. The summed E-state index contributed by atoms with van der Waals surface area (Å²) in [6.07, 6.45) is 6.63. The summed E-state index contributed by atoms with van der Waals surface area (Å²) in [4.78, 5) is 9.02. The van der Waals surface area contributed by atoms with Crippen molar-refractivity contribution in [2.75, 3.05) is 26.2 Å². The minimum absolute atomic E-state index is 0.783. The van der Waals surface area contributed by atoms with Crippen LogP contribution in [0.25, 0.3) is 0 Å². The van der Waals surface area contributed by atoms with E-state index < -0.39 is 0 Å². The van der Waals surface area contributed by atoms with Crippen LogP contribution in [-0.4, -0.2) is 36.1 Å². The van der Waals surface area contributed by atoms with Gasteiger partial charge in [-0.1, -0.05) is 6.92 Å². The van der Waals surface area contributed by atoms with Crippen molar-refractivity contribution in [1.82, 2.24) is 15.2 Å². The summed E-state index contributed by atoms with van der Waals surface area (Å²) < 4.78 is 0. The summed E-state index contributed by atoms with van der Waals surface area (Å²) >= 11 is 1.95. The summed E-state index contributed by atoms with van der Waals surface area (Å²) in [6.45, 7) is 8.04. The molecule has 106 valence electrons. The van der Waals surface area contributed by atoms with Gasteiger partial charge in [-0.3, -0.25) is 0 Å². The average Bonchev–Trinajstić information content (AvgIpc) is 2.99. The van der Waals surface area contributed by atoms with Crippen LogP contribution in [0, 0.1) is 0 Å². The van der Waals surface area contributed by atoms with Crippen molar-refractivity contribution in [1.29, 1.82) is 0 Å². The number of aromatic nitrogens is 1. The van der Waals surface area contributed by atoms with E-state index in [4.69, 9.17) is 4.98 Å². The fourth-order valence-corrected chi connectivity index (χ4v) is 3.93. The van der Waals surface area contributed by atoms with Gasteiger partial charge in [0.25, 0.3) is 0 Å². The Balaban J connectivity index is 1.60. The highest BCUT2D eigenvalue weighted by molar-refractivity contribution is 7.11. The number of nitrogens with one attached hydrogen (secondary N) is 1. The second-order valence-corrected chi connectivity index (χ2v) is 6.94. The van der Waals surface area contributed by atoms with Crippen LogP contribution in [0.4, 0.5) is 0 Å². The van der Waals surface area contributed by atoms with Crippen molar-refractivity contribution in [2.45, 2.75) is 51.5 Å². The molecule has 0 bridgehead atoms. The van der Waals surface area contributed by atoms with E-state index in [0.29, 0.717) is 0 Å². The smallest absolute Gasteiger partial charge is 0.0944 e. The Kier molecular flexibility index (Phi) is 4.51. The van der Waals surface area contributed by atoms with Gasteiger partial charge in [0.15, 0.2) is 0 Å². The lowest BCUT2D eigenvalue weighted by molar-refractivity contribution is 0.343. The van der Waals surface area contributed by atoms with Crippen LogP contribution >= 0.6 is 11.3 Å². The summed E-state index contributed by atoms with van der Waals surface area (Å²) in [5, 5.41) is 4.82. The maximum absolute atomic E-state index is 4.94. The minimum atomic E-state index is 0.783. The molecule has 0 unspecified atom stereocenters. The minimum Gasteiger partial charge on any atom is -0.312 e. The van der Waals surface area contributed by atoms with Crippen LogP contribution in [-0.2, 0) is 13.0 Å². The highest BCUT2D eigenvalue weighted by atomic mass is 32.1. The van der Waals surface area contributed by atoms with E-state index in [1.807, 2.05) is 11.3 Å². The first kappa shape index (κ1) is 13.5. The van der Waals surface area contributed by atoms with Gasteiger partial charge in [0.1, 0.15) is 0 Å². The molecule has 2 fully saturated rings. The summed E-state index contributed by atoms with van der Waals surface area (Å²) in [7, 11) is 0. The molecule has 0 radical (unpaired) electrons. The summed E-state index contributed by atoms with van der Waals surface area (Å²) in [5.74, 6) is 0.783. The highest BCUT2D eigenvalue weighted by Crippen LogP contribution is 2.42. The van der Waals surface area contributed by atoms with E-state index in [2.05, 4.69) is 17.1 Å². The molecule has 0 spiro atoms. The van der Waals surface area contributed by atoms with Gasteiger partial charge >= 0.3 is 0 Å². The molecule has 1 aromatic rings. The zero-order valence-corrected chi connectivity index (χ0v) is 12.8. The lowest BCUT2D eigenvalue weighted by Gasteiger charge is -2.12. The van der Waals surface area contributed by atoms with Gasteiger partial charge in [0.05, 0.1) is 10.7 Å². The van der Waals surface area contributed by atoms with Crippen LogP contribution in [0.2, 0.25) is 0 Å². The molecular formula is C15H25N3S. The van der Waals surface area contributed by atoms with Crippen molar-refractivity contribution in [3.63, 3.8) is 0 Å². The number of nitrogens with zero attached hydrogens (tertiary/aromatic N) is 2. The van der Waals surface area contributed by atoms with Crippen LogP contribution in [0.3, 0.4) is 0 Å². The maximum atomic E-state index is 4.94. The Hall–Kier alpha value is -0.450. The van der Waals surface area contributed by atoms with Gasteiger partial charge in [0.2, 0.25) is 0 Å². The lowest BCUT2D eigenvalue weighted by atomic mass is 10.2. The average molecular weight is 279 g/mol. The molecule has 3 nitrogen and oxygen atoms in total. The third-order valence-electron chi connectivity index (χ3n) is 4.11. The summed E-state index contributed by atoms with van der Waals surface area (Å²) in [6, 6.07) is 0. The number of rotatable bonds is 7. The predicted octanol–water partition coefficient (Wildman–Crippen LogP) is 2.77. The normalized spacial score (nSPS) is 20.3. The molecule has 1 N–H and O–H groups in total. The van der Waals surface area contributed by atoms with Crippen molar-refractivity contribution in [2.24, 2.45) is 0 Å². The SMILES string of the molecule is CCNCc1sc(CCN2CCCC2)nc1C1CC1. The second-order valence-electron chi connectivity index (χ2n) is 5.77. The Morgan fingerprint density at radius 2 is 2.11 bits per heavy atom. The third kappa shape index (κ3) is 3.56. The van der Waals surface area contributed by atoms with Gasteiger partial charge < -0.3 is 10.2 Å². The van der Waals surface area contributed by atoms with Gasteiger partial charge in [-0.05, 0) is 45.3 Å². The first-order chi connectivity index (χ1) is 9.36. The quantitative estimate of drug-likeness (QED) is 0.832. The molecule has 1 aromatic heterocycles. The number of hydrogen-bond donors (Lipinski definition) is 1. The topological polar surface area (TPSA) is 28.2 Å². The van der Waals surface area contributed by atoms with Crippen molar-refractivity contribution in [3.05, 3.63) is 15.6 Å². The van der Waals surface area contributed by atoms with E-state index >= 15 is 0 Å². The first-order valence-electron chi connectivity index (χ1n) is 7.78. The monoisotopic (exact) mass is 279 g/mol. The van der Waals surface area contributed by atoms with Gasteiger partial charge in [-0.2, -0.15) is 0 Å². The molecule has 4 heteroatoms. The van der Waals surface area contributed by atoms with Gasteiger partial charge in [-0.25, -0.2) is 4.98 Å². The molecule has 1 aliphatic heterocycles. The number of hydrogen-bond acceptors (Lipinski definition) is 4. The van der Waals surface area contributed by atoms with Crippen molar-refractivity contribution in [3.8, 4) is 0 Å². The zero-order valence-electron chi connectivity index (χ0n) is 12.0. The molecule has 3 rings (SSSR count). The molecule has 0 atom stereocenters.